The number of nitrogens with zero attached hydrogens (tertiary/aromatic N) is 1. The second-order valence-corrected chi connectivity index (χ2v) is 7.21. The molecule has 2 atom stereocenters. The van der Waals surface area contributed by atoms with E-state index in [4.69, 9.17) is 0 Å². The summed E-state index contributed by atoms with van der Waals surface area (Å²) in [5.74, 6) is -0.156. The zero-order chi connectivity index (χ0) is 18.1. The van der Waals surface area contributed by atoms with E-state index in [1.807, 2.05) is 6.07 Å². The lowest BCUT2D eigenvalue weighted by Crippen LogP contribution is -2.42. The van der Waals surface area contributed by atoms with Crippen LogP contribution in [0.2, 0.25) is 0 Å². The first-order valence-corrected chi connectivity index (χ1v) is 9.17. The minimum Gasteiger partial charge on any atom is -0.381 e. The molecule has 0 amide bonds. The van der Waals surface area contributed by atoms with Crippen molar-refractivity contribution in [1.29, 1.82) is 0 Å². The number of fused-ring (bicyclic) bond motifs is 3. The molecule has 136 valence electrons. The molecule has 0 saturated carbocycles. The molecule has 1 saturated heterocycles. The zero-order valence-electron chi connectivity index (χ0n) is 14.6. The Morgan fingerprint density at radius 2 is 1.88 bits per heavy atom. The van der Waals surface area contributed by atoms with Crippen LogP contribution >= 0.6 is 0 Å². The monoisotopic (exact) mass is 356 g/mol. The van der Waals surface area contributed by atoms with Crippen LogP contribution in [-0.2, 0) is 0 Å². The number of benzene rings is 2. The summed E-state index contributed by atoms with van der Waals surface area (Å²) in [5, 5.41) is 3.51. The van der Waals surface area contributed by atoms with Gasteiger partial charge in [0.2, 0.25) is 0 Å². The third-order valence-corrected chi connectivity index (χ3v) is 5.50. The molecule has 0 aromatic heterocycles. The molecular weight excluding hydrogens is 334 g/mol. The van der Waals surface area contributed by atoms with Gasteiger partial charge in [-0.05, 0) is 67.4 Å². The highest BCUT2D eigenvalue weighted by atomic mass is 19.1. The second-order valence-electron chi connectivity index (χ2n) is 7.21. The first kappa shape index (κ1) is 17.2. The summed E-state index contributed by atoms with van der Waals surface area (Å²) in [5.41, 5.74) is 2.69. The van der Waals surface area contributed by atoms with Gasteiger partial charge in [0.1, 0.15) is 11.6 Å². The first-order valence-electron chi connectivity index (χ1n) is 9.17. The van der Waals surface area contributed by atoms with Gasteiger partial charge in [-0.1, -0.05) is 0 Å². The predicted octanol–water partition coefficient (Wildman–Crippen LogP) is 4.21. The van der Waals surface area contributed by atoms with Crippen molar-refractivity contribution in [2.24, 2.45) is 0 Å². The molecule has 0 spiro atoms. The molecule has 4 rings (SSSR count). The standard InChI is InChI=1S/C21H22F2N2O/c22-15-5-3-14(4-6-15)21(26)2-1-10-25-11-9-20-18(13-25)17-12-16(23)7-8-19(17)24-20/h3-8,12,18,20,24H,1-2,9-11,13H2/t18-,20+/m1/s1. The van der Waals surface area contributed by atoms with Crippen molar-refractivity contribution in [2.75, 3.05) is 25.0 Å². The summed E-state index contributed by atoms with van der Waals surface area (Å²) in [4.78, 5) is 14.6. The Morgan fingerprint density at radius 3 is 2.69 bits per heavy atom. The normalized spacial score (nSPS) is 21.8. The molecule has 0 bridgehead atoms. The highest BCUT2D eigenvalue weighted by Gasteiger charge is 2.36. The third kappa shape index (κ3) is 3.49. The molecule has 26 heavy (non-hydrogen) atoms. The Bertz CT molecular complexity index is 806. The van der Waals surface area contributed by atoms with Gasteiger partial charge in [0.25, 0.3) is 0 Å². The number of ketones is 1. The van der Waals surface area contributed by atoms with Crippen LogP contribution < -0.4 is 5.32 Å². The Labute approximate surface area is 152 Å². The molecule has 3 nitrogen and oxygen atoms in total. The van der Waals surface area contributed by atoms with Crippen molar-refractivity contribution in [2.45, 2.75) is 31.2 Å². The van der Waals surface area contributed by atoms with E-state index in [0.717, 1.165) is 43.7 Å². The third-order valence-electron chi connectivity index (χ3n) is 5.50. The van der Waals surface area contributed by atoms with Gasteiger partial charge < -0.3 is 10.2 Å². The van der Waals surface area contributed by atoms with Crippen LogP contribution in [0.1, 0.15) is 41.1 Å². The molecule has 0 unspecified atom stereocenters. The number of Topliss-reactive ketones (excluding diaryl/α,β-unsaturated/α-hetero) is 1. The van der Waals surface area contributed by atoms with Crippen molar-refractivity contribution in [3.05, 3.63) is 65.2 Å². The first-order chi connectivity index (χ1) is 12.6. The fourth-order valence-corrected chi connectivity index (χ4v) is 4.13. The topological polar surface area (TPSA) is 32.3 Å². The van der Waals surface area contributed by atoms with Crippen molar-refractivity contribution < 1.29 is 13.6 Å². The molecule has 0 radical (unpaired) electrons. The van der Waals surface area contributed by atoms with E-state index >= 15 is 0 Å². The largest absolute Gasteiger partial charge is 0.381 e. The average molecular weight is 356 g/mol. The van der Waals surface area contributed by atoms with E-state index in [1.165, 1.54) is 18.2 Å². The smallest absolute Gasteiger partial charge is 0.162 e. The molecule has 2 aromatic carbocycles. The second kappa shape index (κ2) is 7.16. The number of nitrogens with one attached hydrogen (secondary N) is 1. The Morgan fingerprint density at radius 1 is 1.12 bits per heavy atom. The molecular formula is C21H22F2N2O. The Hall–Kier alpha value is -2.27. The molecule has 2 heterocycles. The maximum absolute atomic E-state index is 13.6. The number of anilines is 1. The fourth-order valence-electron chi connectivity index (χ4n) is 4.13. The number of halogens is 2. The molecule has 2 aliphatic rings. The van der Waals surface area contributed by atoms with Crippen LogP contribution in [0.5, 0.6) is 0 Å². The number of carbonyl (C=O) groups is 1. The van der Waals surface area contributed by atoms with E-state index < -0.39 is 0 Å². The van der Waals surface area contributed by atoms with E-state index in [1.54, 1.807) is 18.2 Å². The van der Waals surface area contributed by atoms with E-state index in [-0.39, 0.29) is 17.4 Å². The van der Waals surface area contributed by atoms with E-state index in [2.05, 4.69) is 10.2 Å². The van der Waals surface area contributed by atoms with Crippen LogP contribution in [-0.4, -0.2) is 36.4 Å². The molecule has 2 aromatic rings. The minimum atomic E-state index is -0.327. The number of carbonyl (C=O) groups excluding carboxylic acids is 1. The maximum Gasteiger partial charge on any atom is 0.162 e. The van der Waals surface area contributed by atoms with Crippen LogP contribution in [0.15, 0.2) is 42.5 Å². The minimum absolute atomic E-state index is 0.0508. The van der Waals surface area contributed by atoms with Crippen LogP contribution in [0.4, 0.5) is 14.5 Å². The summed E-state index contributed by atoms with van der Waals surface area (Å²) >= 11 is 0. The summed E-state index contributed by atoms with van der Waals surface area (Å²) in [6, 6.07) is 11.1. The van der Waals surface area contributed by atoms with Gasteiger partial charge in [-0.15, -0.1) is 0 Å². The van der Waals surface area contributed by atoms with Crippen LogP contribution in [0.25, 0.3) is 0 Å². The lowest BCUT2D eigenvalue weighted by molar-refractivity contribution is 0.0971. The summed E-state index contributed by atoms with van der Waals surface area (Å²) in [7, 11) is 0. The van der Waals surface area contributed by atoms with Gasteiger partial charge >= 0.3 is 0 Å². The SMILES string of the molecule is O=C(CCCN1CC[C@@H]2Nc3ccc(F)cc3[C@H]2C1)c1ccc(F)cc1. The number of rotatable bonds is 5. The number of likely N-dealkylation sites (tertiary alicyclic amines) is 1. The Balaban J connectivity index is 1.31. The summed E-state index contributed by atoms with van der Waals surface area (Å²) < 4.78 is 26.5. The molecule has 0 aliphatic carbocycles. The molecule has 2 aliphatic heterocycles. The predicted molar refractivity (Wildman–Crippen MR) is 97.6 cm³/mol. The highest BCUT2D eigenvalue weighted by molar-refractivity contribution is 5.95. The molecule has 1 N–H and O–H groups in total. The summed E-state index contributed by atoms with van der Waals surface area (Å²) in [6.07, 6.45) is 2.25. The van der Waals surface area contributed by atoms with Gasteiger partial charge in [0.05, 0.1) is 0 Å². The Kier molecular flexibility index (Phi) is 4.72. The lowest BCUT2D eigenvalue weighted by Gasteiger charge is -2.35. The van der Waals surface area contributed by atoms with Gasteiger partial charge in [-0.2, -0.15) is 0 Å². The number of hydrogen-bond donors (Lipinski definition) is 1. The van der Waals surface area contributed by atoms with Gasteiger partial charge in [0, 0.05) is 42.7 Å². The van der Waals surface area contributed by atoms with Crippen LogP contribution in [0, 0.1) is 11.6 Å². The molecule has 5 heteroatoms. The lowest BCUT2D eigenvalue weighted by atomic mass is 9.89. The fraction of sp³-hybridized carbons (Fsp3) is 0.381. The average Bonchev–Trinajstić information content (AvgIpc) is 2.99. The number of hydrogen-bond acceptors (Lipinski definition) is 3. The van der Waals surface area contributed by atoms with Gasteiger partial charge in [0.15, 0.2) is 5.78 Å². The zero-order valence-corrected chi connectivity index (χ0v) is 14.6. The highest BCUT2D eigenvalue weighted by Crippen LogP contribution is 2.40. The van der Waals surface area contributed by atoms with Crippen molar-refractivity contribution >= 4 is 11.5 Å². The quantitative estimate of drug-likeness (QED) is 0.815. The van der Waals surface area contributed by atoms with Gasteiger partial charge in [-0.3, -0.25) is 4.79 Å². The van der Waals surface area contributed by atoms with E-state index in [0.29, 0.717) is 23.9 Å². The van der Waals surface area contributed by atoms with Crippen molar-refractivity contribution in [1.82, 2.24) is 4.90 Å². The van der Waals surface area contributed by atoms with Crippen molar-refractivity contribution in [3.63, 3.8) is 0 Å². The van der Waals surface area contributed by atoms with Gasteiger partial charge in [-0.25, -0.2) is 8.78 Å². The van der Waals surface area contributed by atoms with Crippen LogP contribution in [0.3, 0.4) is 0 Å². The van der Waals surface area contributed by atoms with E-state index in [9.17, 15) is 13.6 Å². The summed E-state index contributed by atoms with van der Waals surface area (Å²) in [6.45, 7) is 2.72. The molecule has 1 fully saturated rings. The maximum atomic E-state index is 13.6. The van der Waals surface area contributed by atoms with Crippen molar-refractivity contribution in [3.8, 4) is 0 Å². The number of piperidine rings is 1.